The minimum absolute atomic E-state index is 0.647. The summed E-state index contributed by atoms with van der Waals surface area (Å²) in [5, 5.41) is 0. The van der Waals surface area contributed by atoms with E-state index in [1.54, 1.807) is 0 Å². The van der Waals surface area contributed by atoms with Gasteiger partial charge in [0, 0.05) is 12.1 Å². The lowest BCUT2D eigenvalue weighted by molar-refractivity contribution is 0.112. The molecule has 0 radical (unpaired) electrons. The van der Waals surface area contributed by atoms with Gasteiger partial charge >= 0.3 is 0 Å². The topological polar surface area (TPSA) is 3.24 Å². The highest BCUT2D eigenvalue weighted by molar-refractivity contribution is 5.25. The van der Waals surface area contributed by atoms with Crippen molar-refractivity contribution in [3.05, 3.63) is 35.4 Å². The number of piperidine rings is 1. The molecule has 0 spiro atoms. The van der Waals surface area contributed by atoms with Crippen molar-refractivity contribution in [3.8, 4) is 0 Å². The highest BCUT2D eigenvalue weighted by Gasteiger charge is 2.25. The van der Waals surface area contributed by atoms with Crippen LogP contribution >= 0.6 is 0 Å². The Morgan fingerprint density at radius 1 is 1.25 bits per heavy atom. The minimum atomic E-state index is 0.647. The van der Waals surface area contributed by atoms with E-state index in [9.17, 15) is 0 Å². The fourth-order valence-electron chi connectivity index (χ4n) is 2.81. The number of likely N-dealkylation sites (tertiary alicyclic amines) is 1. The van der Waals surface area contributed by atoms with Gasteiger partial charge in [-0.1, -0.05) is 36.2 Å². The molecule has 88 valence electrons. The molecule has 1 aliphatic heterocycles. The van der Waals surface area contributed by atoms with Gasteiger partial charge in [0.25, 0.3) is 0 Å². The Morgan fingerprint density at radius 3 is 2.75 bits per heavy atom. The van der Waals surface area contributed by atoms with Gasteiger partial charge in [-0.25, -0.2) is 0 Å². The van der Waals surface area contributed by atoms with Gasteiger partial charge in [-0.15, -0.1) is 0 Å². The van der Waals surface area contributed by atoms with Crippen LogP contribution in [0.15, 0.2) is 24.3 Å². The van der Waals surface area contributed by atoms with Gasteiger partial charge in [0.2, 0.25) is 0 Å². The Bertz CT molecular complexity index is 343. The summed E-state index contributed by atoms with van der Waals surface area (Å²) in [6, 6.07) is 10.3. The van der Waals surface area contributed by atoms with Crippen LogP contribution < -0.4 is 0 Å². The molecule has 1 saturated heterocycles. The maximum absolute atomic E-state index is 2.65. The largest absolute Gasteiger partial charge is 0.294 e. The Hall–Kier alpha value is -0.820. The molecule has 1 fully saturated rings. The Morgan fingerprint density at radius 2 is 2.06 bits per heavy atom. The average molecular weight is 217 g/mol. The zero-order valence-corrected chi connectivity index (χ0v) is 10.7. The molecule has 0 amide bonds. The molecule has 1 aliphatic rings. The summed E-state index contributed by atoms with van der Waals surface area (Å²) in [5.41, 5.74) is 2.89. The van der Waals surface area contributed by atoms with Crippen molar-refractivity contribution >= 4 is 0 Å². The van der Waals surface area contributed by atoms with Crippen LogP contribution in [0.4, 0.5) is 0 Å². The van der Waals surface area contributed by atoms with Crippen molar-refractivity contribution in [2.75, 3.05) is 6.54 Å². The number of benzene rings is 1. The molecule has 1 heterocycles. The fraction of sp³-hybridized carbons (Fsp3) is 0.600. The number of rotatable bonds is 2. The Balaban J connectivity index is 2.23. The molecule has 1 heteroatoms. The highest BCUT2D eigenvalue weighted by Crippen LogP contribution is 2.32. The van der Waals surface area contributed by atoms with E-state index in [-0.39, 0.29) is 0 Å². The summed E-state index contributed by atoms with van der Waals surface area (Å²) in [7, 11) is 0. The summed E-state index contributed by atoms with van der Waals surface area (Å²) in [5.74, 6) is 0. The van der Waals surface area contributed by atoms with Crippen molar-refractivity contribution in [2.24, 2.45) is 0 Å². The smallest absolute Gasteiger partial charge is 0.0350 e. The summed E-state index contributed by atoms with van der Waals surface area (Å²) in [4.78, 5) is 2.65. The van der Waals surface area contributed by atoms with Crippen LogP contribution in [0.5, 0.6) is 0 Å². The van der Waals surface area contributed by atoms with Crippen molar-refractivity contribution in [2.45, 2.75) is 52.1 Å². The normalized spacial score (nSPS) is 22.6. The monoisotopic (exact) mass is 217 g/mol. The van der Waals surface area contributed by atoms with Gasteiger partial charge in [0.15, 0.2) is 0 Å². The molecule has 0 bridgehead atoms. The third kappa shape index (κ3) is 2.46. The zero-order valence-electron chi connectivity index (χ0n) is 10.7. The number of nitrogens with zero attached hydrogens (tertiary/aromatic N) is 1. The SMILES string of the molecule is Cc1cccc(C2CCCCN2C(C)C)c1. The zero-order chi connectivity index (χ0) is 11.5. The molecule has 0 saturated carbocycles. The Labute approximate surface area is 99.5 Å². The summed E-state index contributed by atoms with van der Waals surface area (Å²) in [6.45, 7) is 8.07. The van der Waals surface area contributed by atoms with Gasteiger partial charge in [-0.2, -0.15) is 0 Å². The molecular formula is C15H23N. The van der Waals surface area contributed by atoms with E-state index >= 15 is 0 Å². The molecular weight excluding hydrogens is 194 g/mol. The van der Waals surface area contributed by atoms with Crippen LogP contribution in [0.1, 0.15) is 50.3 Å². The predicted octanol–water partition coefficient (Wildman–Crippen LogP) is 3.93. The lowest BCUT2D eigenvalue weighted by Gasteiger charge is -2.39. The van der Waals surface area contributed by atoms with Gasteiger partial charge in [0.05, 0.1) is 0 Å². The van der Waals surface area contributed by atoms with Crippen LogP contribution in [0.3, 0.4) is 0 Å². The third-order valence-electron chi connectivity index (χ3n) is 3.63. The van der Waals surface area contributed by atoms with E-state index in [0.29, 0.717) is 12.1 Å². The summed E-state index contributed by atoms with van der Waals surface area (Å²) < 4.78 is 0. The van der Waals surface area contributed by atoms with Crippen molar-refractivity contribution < 1.29 is 0 Å². The van der Waals surface area contributed by atoms with Crippen molar-refractivity contribution in [1.82, 2.24) is 4.90 Å². The van der Waals surface area contributed by atoms with Crippen LogP contribution in [-0.4, -0.2) is 17.5 Å². The van der Waals surface area contributed by atoms with E-state index < -0.39 is 0 Å². The summed E-state index contributed by atoms with van der Waals surface area (Å²) in [6.07, 6.45) is 4.06. The lowest BCUT2D eigenvalue weighted by atomic mass is 9.93. The molecule has 1 aromatic carbocycles. The third-order valence-corrected chi connectivity index (χ3v) is 3.63. The maximum atomic E-state index is 2.65. The average Bonchev–Trinajstić information content (AvgIpc) is 2.29. The fourth-order valence-corrected chi connectivity index (χ4v) is 2.81. The van der Waals surface area contributed by atoms with E-state index in [1.807, 2.05) is 0 Å². The first kappa shape index (κ1) is 11.7. The predicted molar refractivity (Wildman–Crippen MR) is 69.6 cm³/mol. The van der Waals surface area contributed by atoms with E-state index in [1.165, 1.54) is 36.9 Å². The number of hydrogen-bond donors (Lipinski definition) is 0. The van der Waals surface area contributed by atoms with E-state index in [2.05, 4.69) is 49.9 Å². The second kappa shape index (κ2) is 5.01. The minimum Gasteiger partial charge on any atom is -0.294 e. The number of hydrogen-bond acceptors (Lipinski definition) is 1. The molecule has 0 aliphatic carbocycles. The molecule has 1 aromatic rings. The van der Waals surface area contributed by atoms with Crippen LogP contribution in [0, 0.1) is 6.92 Å². The molecule has 1 nitrogen and oxygen atoms in total. The van der Waals surface area contributed by atoms with Gasteiger partial charge in [-0.3, -0.25) is 4.90 Å². The van der Waals surface area contributed by atoms with E-state index in [4.69, 9.17) is 0 Å². The first-order chi connectivity index (χ1) is 7.68. The van der Waals surface area contributed by atoms with Crippen LogP contribution in [-0.2, 0) is 0 Å². The first-order valence-corrected chi connectivity index (χ1v) is 6.51. The Kier molecular flexibility index (Phi) is 3.65. The second-order valence-corrected chi connectivity index (χ2v) is 5.26. The highest BCUT2D eigenvalue weighted by atomic mass is 15.2. The molecule has 1 unspecified atom stereocenters. The molecule has 16 heavy (non-hydrogen) atoms. The molecule has 2 rings (SSSR count). The molecule has 0 N–H and O–H groups in total. The quantitative estimate of drug-likeness (QED) is 0.725. The van der Waals surface area contributed by atoms with Gasteiger partial charge in [0.1, 0.15) is 0 Å². The van der Waals surface area contributed by atoms with E-state index in [0.717, 1.165) is 0 Å². The molecule has 0 aromatic heterocycles. The second-order valence-electron chi connectivity index (χ2n) is 5.26. The summed E-state index contributed by atoms with van der Waals surface area (Å²) >= 11 is 0. The first-order valence-electron chi connectivity index (χ1n) is 6.51. The molecule has 1 atom stereocenters. The van der Waals surface area contributed by atoms with Crippen molar-refractivity contribution in [1.29, 1.82) is 0 Å². The van der Waals surface area contributed by atoms with Gasteiger partial charge in [-0.05, 0) is 45.7 Å². The standard InChI is InChI=1S/C15H23N/c1-12(2)16-10-5-4-9-15(16)14-8-6-7-13(3)11-14/h6-8,11-12,15H,4-5,9-10H2,1-3H3. The number of aryl methyl sites for hydroxylation is 1. The maximum Gasteiger partial charge on any atom is 0.0350 e. The van der Waals surface area contributed by atoms with Crippen molar-refractivity contribution in [3.63, 3.8) is 0 Å². The van der Waals surface area contributed by atoms with Gasteiger partial charge < -0.3 is 0 Å². The lowest BCUT2D eigenvalue weighted by Crippen LogP contribution is -2.38. The van der Waals surface area contributed by atoms with Crippen LogP contribution in [0.25, 0.3) is 0 Å². The van der Waals surface area contributed by atoms with Crippen LogP contribution in [0.2, 0.25) is 0 Å².